The van der Waals surface area contributed by atoms with E-state index in [9.17, 15) is 18.3 Å². The highest BCUT2D eigenvalue weighted by molar-refractivity contribution is 7.89. The number of methoxy groups -OCH3 is 1. The number of likely N-dealkylation sites (tertiary alicyclic amines) is 2. The fourth-order valence-electron chi connectivity index (χ4n) is 6.36. The summed E-state index contributed by atoms with van der Waals surface area (Å²) in [5.74, 6) is 0.620. The summed E-state index contributed by atoms with van der Waals surface area (Å²) < 4.78 is 45.2. The first-order valence-electron chi connectivity index (χ1n) is 15.7. The number of aliphatic hydroxyl groups is 1. The molecule has 2 aromatic carbocycles. The van der Waals surface area contributed by atoms with E-state index >= 15 is 0 Å². The Morgan fingerprint density at radius 1 is 0.977 bits per heavy atom. The molecule has 2 saturated heterocycles. The maximum atomic E-state index is 13.7. The van der Waals surface area contributed by atoms with Gasteiger partial charge in [-0.1, -0.05) is 36.8 Å². The van der Waals surface area contributed by atoms with Gasteiger partial charge in [0.05, 0.1) is 25.2 Å². The van der Waals surface area contributed by atoms with Gasteiger partial charge in [0, 0.05) is 44.6 Å². The van der Waals surface area contributed by atoms with Crippen LogP contribution in [0.4, 0.5) is 0 Å². The first kappa shape index (κ1) is 32.4. The lowest BCUT2D eigenvalue weighted by Gasteiger charge is -2.40. The summed E-state index contributed by atoms with van der Waals surface area (Å²) in [4.78, 5) is 18.3. The molecule has 2 fully saturated rings. The Balaban J connectivity index is 1.23. The van der Waals surface area contributed by atoms with Crippen molar-refractivity contribution in [3.63, 3.8) is 0 Å². The monoisotopic (exact) mass is 627 g/mol. The smallest absolute Gasteiger partial charge is 0.288 e. The molecule has 5 rings (SSSR count). The number of allylic oxidation sites excluding steroid dienone is 1. The van der Waals surface area contributed by atoms with Gasteiger partial charge in [0.15, 0.2) is 5.76 Å². The summed E-state index contributed by atoms with van der Waals surface area (Å²) in [6, 6.07) is 16.6. The first-order chi connectivity index (χ1) is 21.4. The Morgan fingerprint density at radius 3 is 2.34 bits per heavy atom. The summed E-state index contributed by atoms with van der Waals surface area (Å²) >= 11 is 0. The lowest BCUT2D eigenvalue weighted by Crippen LogP contribution is -2.49. The molecule has 0 bridgehead atoms. The summed E-state index contributed by atoms with van der Waals surface area (Å²) in [7, 11) is -2.36. The fraction of sp³-hybridized carbons (Fsp3) is 0.545. The van der Waals surface area contributed by atoms with Crippen molar-refractivity contribution < 1.29 is 32.5 Å². The minimum atomic E-state index is -3.88. The number of ether oxygens (including phenoxy) is 3. The summed E-state index contributed by atoms with van der Waals surface area (Å²) in [6.07, 6.45) is 7.41. The van der Waals surface area contributed by atoms with Crippen LogP contribution in [0.1, 0.15) is 50.0 Å². The quantitative estimate of drug-likeness (QED) is 0.381. The molecule has 11 heteroatoms. The molecular weight excluding hydrogens is 582 g/mol. The van der Waals surface area contributed by atoms with Crippen LogP contribution in [0.15, 0.2) is 71.3 Å². The van der Waals surface area contributed by atoms with E-state index in [1.54, 1.807) is 12.1 Å². The number of aliphatic hydroxyl groups excluding tert-OH is 1. The maximum absolute atomic E-state index is 13.7. The Kier molecular flexibility index (Phi) is 11.3. The van der Waals surface area contributed by atoms with Gasteiger partial charge in [-0.15, -0.1) is 0 Å². The standard InChI is InChI=1S/C33H45N3O7S/c1-41-29-10-12-30(13-11-29)44(39,40)36(20-22-37)21-23-42-32-25-27(26-8-4-2-5-9-26)24-31(43-32)33(38)35-18-14-28(15-19-35)34-16-6-3-7-17-34/h2,4-5,8-13,24,27-28,32,37H,3,6-7,14-23,25H2,1H3/t27-,32+/m1/s1. The predicted molar refractivity (Wildman–Crippen MR) is 167 cm³/mol. The van der Waals surface area contributed by atoms with Gasteiger partial charge in [0.25, 0.3) is 5.91 Å². The lowest BCUT2D eigenvalue weighted by atomic mass is 9.92. The highest BCUT2D eigenvalue weighted by atomic mass is 32.2. The topological polar surface area (TPSA) is 109 Å². The first-order valence-corrected chi connectivity index (χ1v) is 17.2. The van der Waals surface area contributed by atoms with Gasteiger partial charge >= 0.3 is 0 Å². The van der Waals surface area contributed by atoms with Crippen molar-refractivity contribution >= 4 is 15.9 Å². The van der Waals surface area contributed by atoms with Crippen molar-refractivity contribution in [2.75, 3.05) is 59.6 Å². The molecule has 0 saturated carbocycles. The van der Waals surface area contributed by atoms with E-state index in [4.69, 9.17) is 14.2 Å². The molecule has 0 aliphatic carbocycles. The number of carbonyl (C=O) groups is 1. The van der Waals surface area contributed by atoms with E-state index < -0.39 is 16.3 Å². The molecule has 240 valence electrons. The van der Waals surface area contributed by atoms with E-state index in [0.717, 1.165) is 31.5 Å². The van der Waals surface area contributed by atoms with Crippen molar-refractivity contribution in [1.82, 2.24) is 14.1 Å². The van der Waals surface area contributed by atoms with Crippen LogP contribution in [0.3, 0.4) is 0 Å². The maximum Gasteiger partial charge on any atom is 0.288 e. The van der Waals surface area contributed by atoms with Gasteiger partial charge in [-0.2, -0.15) is 4.31 Å². The van der Waals surface area contributed by atoms with Crippen molar-refractivity contribution in [2.24, 2.45) is 0 Å². The molecule has 10 nitrogen and oxygen atoms in total. The van der Waals surface area contributed by atoms with Crippen LogP contribution in [-0.2, 0) is 24.3 Å². The van der Waals surface area contributed by atoms with Crippen LogP contribution >= 0.6 is 0 Å². The van der Waals surface area contributed by atoms with Crippen LogP contribution in [0.25, 0.3) is 0 Å². The number of hydrogen-bond acceptors (Lipinski definition) is 8. The third kappa shape index (κ3) is 8.00. The second kappa shape index (κ2) is 15.4. The summed E-state index contributed by atoms with van der Waals surface area (Å²) in [5, 5.41) is 9.60. The zero-order valence-corrected chi connectivity index (χ0v) is 26.4. The van der Waals surface area contributed by atoms with E-state index in [2.05, 4.69) is 4.90 Å². The number of hydrogen-bond donors (Lipinski definition) is 1. The van der Waals surface area contributed by atoms with Crippen LogP contribution in [0, 0.1) is 0 Å². The summed E-state index contributed by atoms with van der Waals surface area (Å²) in [6.45, 7) is 3.34. The highest BCUT2D eigenvalue weighted by Gasteiger charge is 2.34. The SMILES string of the molecule is COc1ccc(S(=O)(=O)N(CCO)CCO[C@@H]2C[C@H](c3ccccc3)C=C(C(=O)N3CCC(N4CCCCC4)CC3)O2)cc1. The number of piperidine rings is 2. The molecule has 3 heterocycles. The Bertz CT molecular complexity index is 1340. The van der Waals surface area contributed by atoms with Gasteiger partial charge < -0.3 is 29.1 Å². The minimum absolute atomic E-state index is 0.0157. The van der Waals surface area contributed by atoms with Gasteiger partial charge in [-0.25, -0.2) is 8.42 Å². The zero-order chi connectivity index (χ0) is 30.9. The molecular formula is C33H45N3O7S. The van der Waals surface area contributed by atoms with Gasteiger partial charge in [0.2, 0.25) is 16.3 Å². The fourth-order valence-corrected chi connectivity index (χ4v) is 7.78. The predicted octanol–water partition coefficient (Wildman–Crippen LogP) is 3.59. The molecule has 1 N–H and O–H groups in total. The van der Waals surface area contributed by atoms with E-state index in [1.807, 2.05) is 41.3 Å². The normalized spacial score (nSPS) is 22.0. The van der Waals surface area contributed by atoms with Crippen molar-refractivity contribution in [1.29, 1.82) is 0 Å². The number of benzene rings is 2. The minimum Gasteiger partial charge on any atom is -0.497 e. The average Bonchev–Trinajstić information content (AvgIpc) is 3.08. The van der Waals surface area contributed by atoms with Gasteiger partial charge in [0.1, 0.15) is 5.75 Å². The van der Waals surface area contributed by atoms with Gasteiger partial charge in [-0.05, 0) is 74.7 Å². The highest BCUT2D eigenvalue weighted by Crippen LogP contribution is 2.33. The lowest BCUT2D eigenvalue weighted by molar-refractivity contribution is -0.153. The molecule has 0 aromatic heterocycles. The van der Waals surface area contributed by atoms with Crippen LogP contribution < -0.4 is 4.74 Å². The van der Waals surface area contributed by atoms with E-state index in [0.29, 0.717) is 31.3 Å². The molecule has 2 aromatic rings. The third-order valence-electron chi connectivity index (χ3n) is 8.85. The molecule has 3 aliphatic heterocycles. The number of sulfonamides is 1. The van der Waals surface area contributed by atoms with Gasteiger partial charge in [-0.3, -0.25) is 4.79 Å². The zero-order valence-electron chi connectivity index (χ0n) is 25.6. The molecule has 0 unspecified atom stereocenters. The molecule has 3 aliphatic rings. The van der Waals surface area contributed by atoms with Crippen molar-refractivity contribution in [2.45, 2.75) is 61.7 Å². The number of nitrogens with zero attached hydrogens (tertiary/aromatic N) is 3. The number of rotatable bonds is 12. The molecule has 44 heavy (non-hydrogen) atoms. The van der Waals surface area contributed by atoms with Crippen LogP contribution in [0.5, 0.6) is 5.75 Å². The summed E-state index contributed by atoms with van der Waals surface area (Å²) in [5.41, 5.74) is 1.06. The number of carbonyl (C=O) groups excluding carboxylic acids is 1. The van der Waals surface area contributed by atoms with Crippen LogP contribution in [0.2, 0.25) is 0 Å². The molecule has 2 atom stereocenters. The molecule has 1 amide bonds. The Labute approximate surface area is 261 Å². The van der Waals surface area contributed by atoms with Crippen molar-refractivity contribution in [3.8, 4) is 5.75 Å². The largest absolute Gasteiger partial charge is 0.497 e. The molecule has 0 radical (unpaired) electrons. The molecule has 0 spiro atoms. The van der Waals surface area contributed by atoms with Crippen molar-refractivity contribution in [3.05, 3.63) is 72.0 Å². The second-order valence-electron chi connectivity index (χ2n) is 11.6. The average molecular weight is 628 g/mol. The Morgan fingerprint density at radius 2 is 1.68 bits per heavy atom. The third-order valence-corrected chi connectivity index (χ3v) is 10.8. The Hall–Kier alpha value is -2.96. The van der Waals surface area contributed by atoms with Crippen LogP contribution in [-0.4, -0.2) is 105 Å². The second-order valence-corrected chi connectivity index (χ2v) is 13.6. The van der Waals surface area contributed by atoms with E-state index in [-0.39, 0.29) is 48.8 Å². The number of amides is 1. The van der Waals surface area contributed by atoms with E-state index in [1.165, 1.54) is 42.8 Å².